The van der Waals surface area contributed by atoms with Gasteiger partial charge in [-0.3, -0.25) is 23.7 Å². The van der Waals surface area contributed by atoms with Gasteiger partial charge in [0.25, 0.3) is 11.5 Å². The van der Waals surface area contributed by atoms with Crippen LogP contribution in [0.4, 0.5) is 11.8 Å². The first-order chi connectivity index (χ1) is 29.0. The van der Waals surface area contributed by atoms with Crippen LogP contribution >= 0.6 is 16.9 Å². The summed E-state index contributed by atoms with van der Waals surface area (Å²) in [5, 5.41) is 15.2. The normalized spacial score (nSPS) is 20.0. The summed E-state index contributed by atoms with van der Waals surface area (Å²) in [5.74, 6) is -0.0931. The number of rotatable bonds is 21. The Morgan fingerprint density at radius 2 is 1.95 bits per heavy atom. The van der Waals surface area contributed by atoms with Crippen LogP contribution in [0, 0.1) is 23.2 Å². The number of hydrogen-bond acceptors (Lipinski definition) is 17. The highest BCUT2D eigenvalue weighted by Gasteiger charge is 2.45. The highest BCUT2D eigenvalue weighted by Crippen LogP contribution is 2.48. The maximum absolute atomic E-state index is 13.0. The van der Waals surface area contributed by atoms with Crippen LogP contribution in [0.25, 0.3) is 22.3 Å². The van der Waals surface area contributed by atoms with Crippen molar-refractivity contribution in [3.63, 3.8) is 0 Å². The number of imidazole rings is 2. The number of hydrogen-bond donors (Lipinski definition) is 3. The summed E-state index contributed by atoms with van der Waals surface area (Å²) >= 11 is 0. The van der Waals surface area contributed by atoms with Gasteiger partial charge in [0.2, 0.25) is 5.95 Å². The molecule has 0 aliphatic carbocycles. The van der Waals surface area contributed by atoms with Crippen molar-refractivity contribution in [2.24, 2.45) is 11.8 Å². The smallest absolute Gasteiger partial charge is 0.488 e. The fraction of sp³-hybridized carbons (Fsp3) is 0.500. The van der Waals surface area contributed by atoms with E-state index in [0.717, 1.165) is 0 Å². The van der Waals surface area contributed by atoms with Crippen molar-refractivity contribution in [2.75, 3.05) is 37.0 Å². The molecule has 0 spiro atoms. The Balaban J connectivity index is 1.22. The molecule has 5 heterocycles. The number of carbonyl (C=O) groups is 1. The van der Waals surface area contributed by atoms with E-state index in [9.17, 15) is 24.3 Å². The molecule has 1 amide bonds. The highest BCUT2D eigenvalue weighted by molar-refractivity contribution is 7.41. The fourth-order valence-electron chi connectivity index (χ4n) is 6.00. The molecule has 0 bridgehead atoms. The number of benzene rings is 1. The maximum Gasteiger partial charge on any atom is 0.488 e. The summed E-state index contributed by atoms with van der Waals surface area (Å²) in [5.41, 5.74) is 0.889. The third-order valence-corrected chi connectivity index (χ3v) is 10.6. The minimum Gasteiger partial charge on any atom is -0.566 e. The third-order valence-electron chi connectivity index (χ3n) is 9.07. The molecule has 1 aliphatic heterocycles. The molecule has 23 heteroatoms. The van der Waals surface area contributed by atoms with Gasteiger partial charge in [0.05, 0.1) is 44.5 Å². The van der Waals surface area contributed by atoms with E-state index < -0.39 is 65.7 Å². The second-order valence-corrected chi connectivity index (χ2v) is 15.7. The zero-order valence-electron chi connectivity index (χ0n) is 33.7. The number of anilines is 2. The summed E-state index contributed by atoms with van der Waals surface area (Å²) in [4.78, 5) is 62.1. The van der Waals surface area contributed by atoms with Gasteiger partial charge in [-0.1, -0.05) is 45.9 Å². The summed E-state index contributed by atoms with van der Waals surface area (Å²) in [6.45, 7) is 7.33. The summed E-state index contributed by atoms with van der Waals surface area (Å²) in [6, 6.07) is 10.6. The quantitative estimate of drug-likeness (QED) is 0.0665. The van der Waals surface area contributed by atoms with E-state index in [0.29, 0.717) is 29.7 Å². The van der Waals surface area contributed by atoms with E-state index in [1.807, 2.05) is 33.8 Å². The van der Waals surface area contributed by atoms with E-state index in [-0.39, 0.29) is 61.3 Å². The van der Waals surface area contributed by atoms with Crippen molar-refractivity contribution in [1.82, 2.24) is 39.0 Å². The minimum absolute atomic E-state index is 0.00696. The van der Waals surface area contributed by atoms with Crippen LogP contribution in [0.15, 0.2) is 54.1 Å². The standard InChI is InChI=1S/C36H45N11O10P2/c1-6-26(46-19-41-27-30(39-18-40-31(27)46)43-33(48)24-11-8-7-9-12-24)56-25(16-53-58(50)51)17-54-59(52-14-10-13-37)57-29-22(4)23(5)55-35(29)47-20-42-28-32(47)44-36(45-34(28)49)38-15-21(2)3/h7-9,11-12,18-23,25-26,29,35H,6,10,14-17H2,1-5H3,(H2,38,44,45,49)(H,39,40,43,48)/t22?,23-,25+,26-,29+,35-,59?/m1/s1/i5D. The van der Waals surface area contributed by atoms with Gasteiger partial charge >= 0.3 is 16.9 Å². The molecular formula is C36H45N11O10P2. The molecule has 59 heavy (non-hydrogen) atoms. The lowest BCUT2D eigenvalue weighted by molar-refractivity contribution is -0.190. The van der Waals surface area contributed by atoms with Crippen LogP contribution in [0.2, 0.25) is 0 Å². The van der Waals surface area contributed by atoms with E-state index in [4.69, 9.17) is 28.9 Å². The Morgan fingerprint density at radius 3 is 2.68 bits per heavy atom. The Bertz CT molecular complexity index is 2330. The SMILES string of the molecule is [2H]C[C@H]1O[C@@H](n2cnc3c(=O)[nH]c(NCC(C)C)nc32)[C@@H](OP(OCCC#N)OC[C@H](CO[P+](=O)[O-])O[C@H](CC)n2cnc3c(NC(=O)c4ccccc4)ncnc32)C1C. The van der Waals surface area contributed by atoms with Crippen LogP contribution in [-0.4, -0.2) is 89.6 Å². The number of nitrogens with one attached hydrogen (secondary N) is 3. The average molecular weight is 855 g/mol. The van der Waals surface area contributed by atoms with E-state index in [1.165, 1.54) is 19.0 Å². The second-order valence-electron chi connectivity index (χ2n) is 13.8. The first kappa shape index (κ1) is 42.3. The fourth-order valence-corrected chi connectivity index (χ4v) is 7.51. The number of carbonyl (C=O) groups excluding carboxylic acids is 1. The number of nitrogens with zero attached hydrogens (tertiary/aromatic N) is 8. The molecule has 3 unspecified atom stereocenters. The zero-order valence-corrected chi connectivity index (χ0v) is 34.5. The zero-order chi connectivity index (χ0) is 42.8. The molecule has 8 atom stereocenters. The summed E-state index contributed by atoms with van der Waals surface area (Å²) in [6.07, 6.45) is 0.340. The number of H-pyrrole nitrogens is 1. The van der Waals surface area contributed by atoms with Crippen LogP contribution in [0.3, 0.4) is 0 Å². The number of aromatic amines is 1. The predicted molar refractivity (Wildman–Crippen MR) is 212 cm³/mol. The van der Waals surface area contributed by atoms with E-state index >= 15 is 0 Å². The third kappa shape index (κ3) is 10.9. The molecule has 0 saturated carbocycles. The van der Waals surface area contributed by atoms with Gasteiger partial charge in [-0.25, -0.2) is 19.9 Å². The minimum atomic E-state index is -3.27. The number of fused-ring (bicyclic) bond motifs is 2. The Kier molecular flexibility index (Phi) is 14.6. The molecule has 21 nitrogen and oxygen atoms in total. The average Bonchev–Trinajstić information content (AvgIpc) is 3.96. The molecule has 1 saturated heterocycles. The first-order valence-corrected chi connectivity index (χ1v) is 20.9. The van der Waals surface area contributed by atoms with Gasteiger partial charge in [-0.15, -0.1) is 4.52 Å². The van der Waals surface area contributed by atoms with E-state index in [1.54, 1.807) is 39.5 Å². The first-order valence-electron chi connectivity index (χ1n) is 19.4. The molecule has 1 fully saturated rings. The summed E-state index contributed by atoms with van der Waals surface area (Å²) in [7, 11) is -5.56. The van der Waals surface area contributed by atoms with Crippen molar-refractivity contribution in [1.29, 1.82) is 5.26 Å². The van der Waals surface area contributed by atoms with Gasteiger partial charge in [0, 0.05) is 19.4 Å². The largest absolute Gasteiger partial charge is 0.566 e. The van der Waals surface area contributed by atoms with Gasteiger partial charge in [0.1, 0.15) is 31.4 Å². The Labute approximate surface area is 342 Å². The van der Waals surface area contributed by atoms with Gasteiger partial charge in [0.15, 0.2) is 34.4 Å². The second kappa shape index (κ2) is 20.4. The Morgan fingerprint density at radius 1 is 1.15 bits per heavy atom. The lowest BCUT2D eigenvalue weighted by Gasteiger charge is -2.28. The predicted octanol–water partition coefficient (Wildman–Crippen LogP) is 4.72. The molecular weight excluding hydrogens is 808 g/mol. The molecule has 5 aromatic rings. The number of aromatic nitrogens is 8. The van der Waals surface area contributed by atoms with Crippen LogP contribution < -0.4 is 21.1 Å². The van der Waals surface area contributed by atoms with Crippen molar-refractivity contribution in [3.8, 4) is 6.07 Å². The van der Waals surface area contributed by atoms with Crippen LogP contribution in [0.5, 0.6) is 0 Å². The topological polar surface area (TPSA) is 268 Å². The van der Waals surface area contributed by atoms with Crippen LogP contribution in [-0.2, 0) is 32.1 Å². The van der Waals surface area contributed by atoms with Gasteiger partial charge in [-0.2, -0.15) is 10.2 Å². The molecule has 3 N–H and O–H groups in total. The molecule has 6 rings (SSSR count). The van der Waals surface area contributed by atoms with E-state index in [2.05, 4.69) is 40.5 Å². The molecule has 0 radical (unpaired) electrons. The number of nitriles is 1. The highest BCUT2D eigenvalue weighted by atomic mass is 31.2. The summed E-state index contributed by atoms with van der Waals surface area (Å²) < 4.78 is 59.2. The molecule has 1 aliphatic rings. The van der Waals surface area contributed by atoms with Crippen LogP contribution in [0.1, 0.15) is 71.6 Å². The monoisotopic (exact) mass is 854 g/mol. The van der Waals surface area contributed by atoms with Crippen molar-refractivity contribution in [3.05, 3.63) is 65.2 Å². The Hall–Kier alpha value is -4.87. The maximum atomic E-state index is 13.0. The number of ether oxygens (including phenoxy) is 2. The lowest BCUT2D eigenvalue weighted by atomic mass is 10.0. The van der Waals surface area contributed by atoms with Crippen molar-refractivity contribution in [2.45, 2.75) is 78.2 Å². The number of amides is 1. The van der Waals surface area contributed by atoms with Crippen molar-refractivity contribution < 1.29 is 43.2 Å². The lowest BCUT2D eigenvalue weighted by Crippen LogP contribution is -2.30. The molecule has 1 aromatic carbocycles. The van der Waals surface area contributed by atoms with Gasteiger partial charge < -0.3 is 38.6 Å². The van der Waals surface area contributed by atoms with Gasteiger partial charge in [-0.05, 0) is 35.9 Å². The van der Waals surface area contributed by atoms with Crippen molar-refractivity contribution >= 4 is 56.9 Å². The molecule has 4 aromatic heterocycles. The molecule has 314 valence electrons.